The summed E-state index contributed by atoms with van der Waals surface area (Å²) in [5.41, 5.74) is 1.94. The van der Waals surface area contributed by atoms with Gasteiger partial charge >= 0.3 is 0 Å². The van der Waals surface area contributed by atoms with E-state index in [2.05, 4.69) is 10.6 Å². The van der Waals surface area contributed by atoms with Gasteiger partial charge in [0.15, 0.2) is 0 Å². The van der Waals surface area contributed by atoms with Gasteiger partial charge in [-0.25, -0.2) is 0 Å². The molecule has 0 aromatic heterocycles. The van der Waals surface area contributed by atoms with Crippen molar-refractivity contribution in [1.82, 2.24) is 10.2 Å². The summed E-state index contributed by atoms with van der Waals surface area (Å²) < 4.78 is 0. The first-order chi connectivity index (χ1) is 12.2. The number of rotatable bonds is 4. The Balaban J connectivity index is 0.00000243. The molecule has 1 aliphatic heterocycles. The van der Waals surface area contributed by atoms with Crippen molar-refractivity contribution in [3.8, 4) is 0 Å². The minimum Gasteiger partial charge on any atom is -0.339 e. The third-order valence-electron chi connectivity index (χ3n) is 4.62. The van der Waals surface area contributed by atoms with Crippen LogP contribution in [-0.2, 0) is 0 Å². The van der Waals surface area contributed by atoms with Crippen LogP contribution in [0, 0.1) is 0 Å². The highest BCUT2D eigenvalue weighted by Gasteiger charge is 2.22. The number of likely N-dealkylation sites (tertiary alicyclic amines) is 1. The van der Waals surface area contributed by atoms with E-state index < -0.39 is 0 Å². The van der Waals surface area contributed by atoms with Gasteiger partial charge in [-0.2, -0.15) is 0 Å². The van der Waals surface area contributed by atoms with E-state index in [0.29, 0.717) is 22.9 Å². The molecule has 0 radical (unpaired) electrons. The maximum atomic E-state index is 12.6. The number of anilines is 1. The SMILES string of the molecule is CNC1CCN(C(=O)c2ccc(NC(=O)c3ccccc3)cc2)CC1.Cl. The van der Waals surface area contributed by atoms with E-state index in [4.69, 9.17) is 0 Å². The Kier molecular flexibility index (Phi) is 7.18. The number of hydrogen-bond acceptors (Lipinski definition) is 3. The van der Waals surface area contributed by atoms with E-state index in [1.165, 1.54) is 0 Å². The van der Waals surface area contributed by atoms with Gasteiger partial charge in [-0.1, -0.05) is 18.2 Å². The van der Waals surface area contributed by atoms with Crippen LogP contribution >= 0.6 is 12.4 Å². The zero-order chi connectivity index (χ0) is 17.6. The number of nitrogens with zero attached hydrogens (tertiary/aromatic N) is 1. The normalized spacial score (nSPS) is 14.4. The predicted octanol–water partition coefficient (Wildman–Crippen LogP) is 3.18. The van der Waals surface area contributed by atoms with Crippen molar-refractivity contribution in [2.75, 3.05) is 25.5 Å². The van der Waals surface area contributed by atoms with Crippen molar-refractivity contribution in [1.29, 1.82) is 0 Å². The number of carbonyl (C=O) groups excluding carboxylic acids is 2. The number of amides is 2. The van der Waals surface area contributed by atoms with Gasteiger partial charge in [0.1, 0.15) is 0 Å². The molecule has 1 aliphatic rings. The molecule has 6 heteroatoms. The van der Waals surface area contributed by atoms with Gasteiger partial charge in [0.2, 0.25) is 0 Å². The lowest BCUT2D eigenvalue weighted by atomic mass is 10.0. The summed E-state index contributed by atoms with van der Waals surface area (Å²) >= 11 is 0. The van der Waals surface area contributed by atoms with Gasteiger partial charge < -0.3 is 15.5 Å². The van der Waals surface area contributed by atoms with Gasteiger partial charge in [-0.15, -0.1) is 12.4 Å². The fraction of sp³-hybridized carbons (Fsp3) is 0.300. The van der Waals surface area contributed by atoms with Gasteiger partial charge in [-0.3, -0.25) is 9.59 Å². The van der Waals surface area contributed by atoms with Crippen LogP contribution in [0.3, 0.4) is 0 Å². The Morgan fingerprint density at radius 2 is 1.54 bits per heavy atom. The Labute approximate surface area is 160 Å². The Morgan fingerprint density at radius 1 is 0.923 bits per heavy atom. The number of halogens is 1. The summed E-state index contributed by atoms with van der Waals surface area (Å²) in [6, 6.07) is 16.6. The first-order valence-electron chi connectivity index (χ1n) is 8.60. The second-order valence-electron chi connectivity index (χ2n) is 6.25. The number of carbonyl (C=O) groups is 2. The minimum absolute atomic E-state index is 0. The van der Waals surface area contributed by atoms with Crippen LogP contribution in [0.15, 0.2) is 54.6 Å². The van der Waals surface area contributed by atoms with Crippen LogP contribution in [-0.4, -0.2) is 42.9 Å². The van der Waals surface area contributed by atoms with E-state index in [1.54, 1.807) is 36.4 Å². The lowest BCUT2D eigenvalue weighted by molar-refractivity contribution is 0.0707. The predicted molar refractivity (Wildman–Crippen MR) is 106 cm³/mol. The molecule has 0 saturated carbocycles. The molecule has 138 valence electrons. The van der Waals surface area contributed by atoms with E-state index in [1.807, 2.05) is 30.1 Å². The maximum Gasteiger partial charge on any atom is 0.255 e. The Hall–Kier alpha value is -2.37. The second kappa shape index (κ2) is 9.36. The molecule has 1 fully saturated rings. The molecule has 1 saturated heterocycles. The summed E-state index contributed by atoms with van der Waals surface area (Å²) in [6.45, 7) is 1.55. The van der Waals surface area contributed by atoms with Gasteiger partial charge in [-0.05, 0) is 56.3 Å². The first kappa shape index (κ1) is 19.9. The maximum absolute atomic E-state index is 12.6. The fourth-order valence-electron chi connectivity index (χ4n) is 3.04. The fourth-order valence-corrected chi connectivity index (χ4v) is 3.04. The largest absolute Gasteiger partial charge is 0.339 e. The molecule has 0 aliphatic carbocycles. The summed E-state index contributed by atoms with van der Waals surface area (Å²) in [5.74, 6) is -0.107. The Bertz CT molecular complexity index is 726. The molecule has 0 unspecified atom stereocenters. The zero-order valence-electron chi connectivity index (χ0n) is 14.8. The molecule has 0 bridgehead atoms. The highest BCUT2D eigenvalue weighted by Crippen LogP contribution is 2.16. The van der Waals surface area contributed by atoms with Gasteiger partial charge in [0, 0.05) is 35.9 Å². The summed E-state index contributed by atoms with van der Waals surface area (Å²) in [4.78, 5) is 26.6. The molecule has 26 heavy (non-hydrogen) atoms. The first-order valence-corrected chi connectivity index (χ1v) is 8.60. The molecular formula is C20H24ClN3O2. The minimum atomic E-state index is -0.159. The summed E-state index contributed by atoms with van der Waals surface area (Å²) in [6.07, 6.45) is 1.96. The van der Waals surface area contributed by atoms with Crippen LogP contribution in [0.25, 0.3) is 0 Å². The van der Waals surface area contributed by atoms with Crippen LogP contribution in [0.2, 0.25) is 0 Å². The zero-order valence-corrected chi connectivity index (χ0v) is 15.6. The van der Waals surface area contributed by atoms with Gasteiger partial charge in [0.05, 0.1) is 0 Å². The number of piperidine rings is 1. The molecular weight excluding hydrogens is 350 g/mol. The molecule has 2 aromatic rings. The van der Waals surface area contributed by atoms with Crippen molar-refractivity contribution in [2.45, 2.75) is 18.9 Å². The van der Waals surface area contributed by atoms with Crippen molar-refractivity contribution in [2.24, 2.45) is 0 Å². The third kappa shape index (κ3) is 4.84. The highest BCUT2D eigenvalue weighted by molar-refractivity contribution is 6.04. The van der Waals surface area contributed by atoms with Crippen LogP contribution in [0.4, 0.5) is 5.69 Å². The van der Waals surface area contributed by atoms with Crippen LogP contribution in [0.5, 0.6) is 0 Å². The average Bonchev–Trinajstić information content (AvgIpc) is 2.69. The van der Waals surface area contributed by atoms with Crippen molar-refractivity contribution in [3.05, 3.63) is 65.7 Å². The molecule has 5 nitrogen and oxygen atoms in total. The van der Waals surface area contributed by atoms with Crippen LogP contribution in [0.1, 0.15) is 33.6 Å². The smallest absolute Gasteiger partial charge is 0.255 e. The van der Waals surface area contributed by atoms with Crippen molar-refractivity contribution >= 4 is 29.9 Å². The molecule has 2 N–H and O–H groups in total. The summed E-state index contributed by atoms with van der Waals surface area (Å²) in [7, 11) is 1.96. The van der Waals surface area contributed by atoms with Crippen LogP contribution < -0.4 is 10.6 Å². The molecule has 2 aromatic carbocycles. The lowest BCUT2D eigenvalue weighted by Gasteiger charge is -2.31. The topological polar surface area (TPSA) is 61.4 Å². The average molecular weight is 374 g/mol. The van der Waals surface area contributed by atoms with E-state index in [9.17, 15) is 9.59 Å². The molecule has 0 spiro atoms. The monoisotopic (exact) mass is 373 g/mol. The number of hydrogen-bond donors (Lipinski definition) is 2. The molecule has 1 heterocycles. The molecule has 3 rings (SSSR count). The van der Waals surface area contributed by atoms with E-state index >= 15 is 0 Å². The quantitative estimate of drug-likeness (QED) is 0.865. The molecule has 0 atom stereocenters. The van der Waals surface area contributed by atoms with E-state index in [-0.39, 0.29) is 24.2 Å². The highest BCUT2D eigenvalue weighted by atomic mass is 35.5. The van der Waals surface area contributed by atoms with E-state index in [0.717, 1.165) is 25.9 Å². The second-order valence-corrected chi connectivity index (χ2v) is 6.25. The lowest BCUT2D eigenvalue weighted by Crippen LogP contribution is -2.43. The standard InChI is InChI=1S/C20H23N3O2.ClH/c1-21-17-11-13-23(14-12-17)20(25)16-7-9-18(10-8-16)22-19(24)15-5-3-2-4-6-15;/h2-10,17,21H,11-14H2,1H3,(H,22,24);1H. The Morgan fingerprint density at radius 3 is 2.12 bits per heavy atom. The third-order valence-corrected chi connectivity index (χ3v) is 4.62. The molecule has 2 amide bonds. The van der Waals surface area contributed by atoms with Crippen molar-refractivity contribution < 1.29 is 9.59 Å². The summed E-state index contributed by atoms with van der Waals surface area (Å²) in [5, 5.41) is 6.11. The number of nitrogens with one attached hydrogen (secondary N) is 2. The number of benzene rings is 2. The van der Waals surface area contributed by atoms with Crippen molar-refractivity contribution in [3.63, 3.8) is 0 Å². The van der Waals surface area contributed by atoms with Gasteiger partial charge in [0.25, 0.3) is 11.8 Å².